The lowest BCUT2D eigenvalue weighted by Crippen LogP contribution is -2.26. The second-order valence-corrected chi connectivity index (χ2v) is 3.01. The molecule has 1 heterocycles. The van der Waals surface area contributed by atoms with Crippen molar-refractivity contribution in [2.45, 2.75) is 13.3 Å². The first-order valence-corrected chi connectivity index (χ1v) is 3.98. The standard InChI is InChI=1S/C8H12NO3/c1-7(11)9-3-2-8(4-9)5-12-6-10/h8H,2-5H2,1H3. The van der Waals surface area contributed by atoms with Gasteiger partial charge in [-0.25, -0.2) is 4.79 Å². The van der Waals surface area contributed by atoms with E-state index in [9.17, 15) is 9.59 Å². The Kier molecular flexibility index (Phi) is 3.08. The van der Waals surface area contributed by atoms with Crippen molar-refractivity contribution in [3.05, 3.63) is 0 Å². The summed E-state index contributed by atoms with van der Waals surface area (Å²) in [6, 6.07) is 0. The van der Waals surface area contributed by atoms with Crippen LogP contribution in [0.4, 0.5) is 0 Å². The van der Waals surface area contributed by atoms with Crippen molar-refractivity contribution >= 4 is 12.4 Å². The summed E-state index contributed by atoms with van der Waals surface area (Å²) in [6.45, 7) is 4.80. The minimum atomic E-state index is 0.0904. The second kappa shape index (κ2) is 4.09. The lowest BCUT2D eigenvalue weighted by atomic mass is 10.1. The fraction of sp³-hybridized carbons (Fsp3) is 0.750. The first kappa shape index (κ1) is 9.03. The maximum Gasteiger partial charge on any atom is 0.417 e. The molecule has 0 aromatic carbocycles. The molecular weight excluding hydrogens is 158 g/mol. The molecular formula is C8H12NO3. The molecule has 1 saturated heterocycles. The average molecular weight is 170 g/mol. The Morgan fingerprint density at radius 2 is 2.50 bits per heavy atom. The monoisotopic (exact) mass is 170 g/mol. The molecule has 67 valence electrons. The predicted molar refractivity (Wildman–Crippen MR) is 42.0 cm³/mol. The number of hydrogen-bond donors (Lipinski definition) is 0. The molecule has 1 atom stereocenters. The molecule has 1 aliphatic rings. The third-order valence-corrected chi connectivity index (χ3v) is 2.11. The summed E-state index contributed by atoms with van der Waals surface area (Å²) in [7, 11) is 0. The van der Waals surface area contributed by atoms with Gasteiger partial charge < -0.3 is 9.64 Å². The fourth-order valence-electron chi connectivity index (χ4n) is 1.41. The van der Waals surface area contributed by atoms with Crippen molar-refractivity contribution in [1.82, 2.24) is 4.90 Å². The Morgan fingerprint density at radius 1 is 1.75 bits per heavy atom. The largest absolute Gasteiger partial charge is 0.457 e. The number of rotatable bonds is 3. The highest BCUT2D eigenvalue weighted by Crippen LogP contribution is 2.15. The first-order valence-electron chi connectivity index (χ1n) is 3.98. The Labute approximate surface area is 71.5 Å². The molecule has 4 heteroatoms. The predicted octanol–water partition coefficient (Wildman–Crippen LogP) is -0.0614. The second-order valence-electron chi connectivity index (χ2n) is 3.01. The van der Waals surface area contributed by atoms with Crippen LogP contribution in [0.5, 0.6) is 0 Å². The third-order valence-electron chi connectivity index (χ3n) is 2.11. The van der Waals surface area contributed by atoms with Gasteiger partial charge >= 0.3 is 6.47 Å². The van der Waals surface area contributed by atoms with Crippen LogP contribution < -0.4 is 0 Å². The van der Waals surface area contributed by atoms with Crippen LogP contribution in [0.25, 0.3) is 0 Å². The van der Waals surface area contributed by atoms with Crippen molar-refractivity contribution in [2.24, 2.45) is 5.92 Å². The van der Waals surface area contributed by atoms with E-state index in [1.165, 1.54) is 6.47 Å². The quantitative estimate of drug-likeness (QED) is 0.596. The molecule has 12 heavy (non-hydrogen) atoms. The molecule has 0 aliphatic carbocycles. The van der Waals surface area contributed by atoms with Crippen molar-refractivity contribution in [1.29, 1.82) is 0 Å². The highest BCUT2D eigenvalue weighted by molar-refractivity contribution is 5.73. The van der Waals surface area contributed by atoms with Gasteiger partial charge in [-0.3, -0.25) is 4.79 Å². The number of carbonyl (C=O) groups is 1. The molecule has 0 saturated carbocycles. The van der Waals surface area contributed by atoms with Gasteiger partial charge in [0, 0.05) is 25.9 Å². The minimum absolute atomic E-state index is 0.0904. The summed E-state index contributed by atoms with van der Waals surface area (Å²) >= 11 is 0. The Morgan fingerprint density at radius 3 is 3.00 bits per heavy atom. The van der Waals surface area contributed by atoms with Crippen LogP contribution in [0, 0.1) is 5.92 Å². The molecule has 0 bridgehead atoms. The zero-order valence-electron chi connectivity index (χ0n) is 7.08. The van der Waals surface area contributed by atoms with E-state index in [4.69, 9.17) is 0 Å². The highest BCUT2D eigenvalue weighted by atomic mass is 16.5. The number of carbonyl (C=O) groups excluding carboxylic acids is 2. The van der Waals surface area contributed by atoms with E-state index in [0.717, 1.165) is 13.0 Å². The molecule has 1 amide bonds. The highest BCUT2D eigenvalue weighted by Gasteiger charge is 2.24. The Bertz CT molecular complexity index is 181. The number of amides is 1. The van der Waals surface area contributed by atoms with Crippen molar-refractivity contribution in [2.75, 3.05) is 19.7 Å². The van der Waals surface area contributed by atoms with E-state index in [-0.39, 0.29) is 5.91 Å². The zero-order valence-corrected chi connectivity index (χ0v) is 7.08. The lowest BCUT2D eigenvalue weighted by molar-refractivity contribution is -0.127. The molecule has 0 aromatic heterocycles. The summed E-state index contributed by atoms with van der Waals surface area (Å²) < 4.78 is 4.50. The molecule has 4 nitrogen and oxygen atoms in total. The van der Waals surface area contributed by atoms with Crippen LogP contribution in [-0.2, 0) is 14.3 Å². The van der Waals surface area contributed by atoms with Crippen molar-refractivity contribution in [3.8, 4) is 0 Å². The number of likely N-dealkylation sites (tertiary alicyclic amines) is 1. The van der Waals surface area contributed by atoms with E-state index in [1.54, 1.807) is 11.8 Å². The maximum atomic E-state index is 10.9. The van der Waals surface area contributed by atoms with Gasteiger partial charge in [-0.05, 0) is 6.42 Å². The maximum absolute atomic E-state index is 10.9. The van der Waals surface area contributed by atoms with Gasteiger partial charge in [-0.1, -0.05) is 0 Å². The molecule has 1 aliphatic heterocycles. The molecule has 1 radical (unpaired) electrons. The van der Waals surface area contributed by atoms with E-state index >= 15 is 0 Å². The smallest absolute Gasteiger partial charge is 0.417 e. The molecule has 1 rings (SSSR count). The molecule has 0 aromatic rings. The van der Waals surface area contributed by atoms with E-state index in [1.807, 2.05) is 0 Å². The van der Waals surface area contributed by atoms with Gasteiger partial charge in [0.1, 0.15) is 0 Å². The van der Waals surface area contributed by atoms with E-state index in [2.05, 4.69) is 4.74 Å². The SMILES string of the molecule is CC(=O)N1CCC(CO[C]=O)C1. The van der Waals surface area contributed by atoms with Gasteiger partial charge in [0.15, 0.2) is 0 Å². The van der Waals surface area contributed by atoms with Crippen LogP contribution in [0.15, 0.2) is 0 Å². The molecule has 0 N–H and O–H groups in total. The number of hydrogen-bond acceptors (Lipinski definition) is 3. The number of ether oxygens (including phenoxy) is 1. The molecule has 1 fully saturated rings. The molecule has 1 unspecified atom stereocenters. The van der Waals surface area contributed by atoms with Gasteiger partial charge in [0.05, 0.1) is 6.61 Å². The molecule has 0 spiro atoms. The summed E-state index contributed by atoms with van der Waals surface area (Å²) in [5.74, 6) is 0.392. The topological polar surface area (TPSA) is 46.6 Å². The van der Waals surface area contributed by atoms with Crippen molar-refractivity contribution in [3.63, 3.8) is 0 Å². The van der Waals surface area contributed by atoms with Gasteiger partial charge in [0.25, 0.3) is 0 Å². The van der Waals surface area contributed by atoms with Gasteiger partial charge in [-0.2, -0.15) is 0 Å². The number of nitrogens with zero attached hydrogens (tertiary/aromatic N) is 1. The van der Waals surface area contributed by atoms with Crippen LogP contribution >= 0.6 is 0 Å². The van der Waals surface area contributed by atoms with Gasteiger partial charge in [0.2, 0.25) is 5.91 Å². The van der Waals surface area contributed by atoms with Gasteiger partial charge in [-0.15, -0.1) is 0 Å². The minimum Gasteiger partial charge on any atom is -0.457 e. The summed E-state index contributed by atoms with van der Waals surface area (Å²) in [5, 5.41) is 0. The van der Waals surface area contributed by atoms with Crippen molar-refractivity contribution < 1.29 is 14.3 Å². The Hall–Kier alpha value is -1.06. The summed E-state index contributed by atoms with van der Waals surface area (Å²) in [6.07, 6.45) is 0.918. The zero-order chi connectivity index (χ0) is 8.97. The van der Waals surface area contributed by atoms with Crippen LogP contribution in [0.1, 0.15) is 13.3 Å². The first-order chi connectivity index (χ1) is 5.74. The van der Waals surface area contributed by atoms with E-state index in [0.29, 0.717) is 19.1 Å². The van der Waals surface area contributed by atoms with Crippen LogP contribution in [-0.4, -0.2) is 37.0 Å². The van der Waals surface area contributed by atoms with Crippen LogP contribution in [0.3, 0.4) is 0 Å². The summed E-state index contributed by atoms with van der Waals surface area (Å²) in [5.41, 5.74) is 0. The Balaban J connectivity index is 2.25. The third kappa shape index (κ3) is 2.22. The normalized spacial score (nSPS) is 22.4. The fourth-order valence-corrected chi connectivity index (χ4v) is 1.41. The average Bonchev–Trinajstić information content (AvgIpc) is 2.48. The van der Waals surface area contributed by atoms with E-state index < -0.39 is 0 Å². The summed E-state index contributed by atoms with van der Waals surface area (Å²) in [4.78, 5) is 22.4. The van der Waals surface area contributed by atoms with Crippen LogP contribution in [0.2, 0.25) is 0 Å². The lowest BCUT2D eigenvalue weighted by Gasteiger charge is -2.12.